The molecule has 2 rings (SSSR count). The molecular formula is C10H7FINO. The van der Waals surface area contributed by atoms with E-state index in [1.165, 1.54) is 6.07 Å². The molecule has 0 radical (unpaired) electrons. The van der Waals surface area contributed by atoms with Crippen LogP contribution in [0.1, 0.15) is 0 Å². The van der Waals surface area contributed by atoms with E-state index in [1.807, 2.05) is 34.7 Å². The Morgan fingerprint density at radius 1 is 1.36 bits per heavy atom. The van der Waals surface area contributed by atoms with Crippen molar-refractivity contribution < 1.29 is 9.13 Å². The summed E-state index contributed by atoms with van der Waals surface area (Å²) >= 11 is 1.87. The molecule has 1 heterocycles. The zero-order valence-corrected chi connectivity index (χ0v) is 9.58. The number of ether oxygens (including phenoxy) is 1. The van der Waals surface area contributed by atoms with Gasteiger partial charge in [-0.3, -0.25) is 0 Å². The molecule has 0 N–H and O–H groups in total. The minimum Gasteiger partial charge on any atom is -0.497 e. The number of pyridine rings is 1. The van der Waals surface area contributed by atoms with Gasteiger partial charge in [-0.05, 0) is 46.9 Å². The van der Waals surface area contributed by atoms with Gasteiger partial charge >= 0.3 is 0 Å². The summed E-state index contributed by atoms with van der Waals surface area (Å²) in [5.41, 5.74) is 0.775. The lowest BCUT2D eigenvalue weighted by molar-refractivity contribution is 0.415. The van der Waals surface area contributed by atoms with Crippen LogP contribution < -0.4 is 4.74 Å². The van der Waals surface area contributed by atoms with E-state index in [0.717, 1.165) is 10.9 Å². The minimum absolute atomic E-state index is 0.300. The number of hydrogen-bond acceptors (Lipinski definition) is 2. The Labute approximate surface area is 94.2 Å². The molecule has 14 heavy (non-hydrogen) atoms. The summed E-state index contributed by atoms with van der Waals surface area (Å²) in [4.78, 5) is 4.11. The lowest BCUT2D eigenvalue weighted by Crippen LogP contribution is -1.90. The standard InChI is InChI=1S/C10H7FINO/c1-14-7-2-3-9-6(4-7)5-8(11)10(12)13-9/h2-5H,1H3. The third kappa shape index (κ3) is 1.66. The monoisotopic (exact) mass is 303 g/mol. The summed E-state index contributed by atoms with van der Waals surface area (Å²) in [5.74, 6) is 0.409. The fourth-order valence-electron chi connectivity index (χ4n) is 1.23. The van der Waals surface area contributed by atoms with Gasteiger partial charge in [-0.2, -0.15) is 0 Å². The van der Waals surface area contributed by atoms with Gasteiger partial charge in [0.05, 0.1) is 12.6 Å². The normalized spacial score (nSPS) is 10.5. The molecule has 1 aromatic heterocycles. The molecular weight excluding hydrogens is 296 g/mol. The maximum Gasteiger partial charge on any atom is 0.155 e. The van der Waals surface area contributed by atoms with Gasteiger partial charge < -0.3 is 4.74 Å². The smallest absolute Gasteiger partial charge is 0.155 e. The Bertz CT molecular complexity index is 487. The highest BCUT2D eigenvalue weighted by Gasteiger charge is 2.04. The minimum atomic E-state index is -0.300. The zero-order valence-electron chi connectivity index (χ0n) is 7.42. The Morgan fingerprint density at radius 3 is 2.86 bits per heavy atom. The van der Waals surface area contributed by atoms with Crippen LogP contribution in [0.15, 0.2) is 24.3 Å². The first-order chi connectivity index (χ1) is 6.70. The van der Waals surface area contributed by atoms with Crippen LogP contribution in [0.5, 0.6) is 5.75 Å². The maximum atomic E-state index is 13.2. The average molecular weight is 303 g/mol. The summed E-state index contributed by atoms with van der Waals surface area (Å²) in [6, 6.07) is 6.85. The predicted molar refractivity (Wildman–Crippen MR) is 61.0 cm³/mol. The topological polar surface area (TPSA) is 22.1 Å². The molecule has 0 amide bonds. The van der Waals surface area contributed by atoms with Crippen LogP contribution in [0, 0.1) is 9.52 Å². The van der Waals surface area contributed by atoms with Crippen LogP contribution in [-0.2, 0) is 0 Å². The fourth-order valence-corrected chi connectivity index (χ4v) is 1.65. The van der Waals surface area contributed by atoms with Crippen LogP contribution in [0.4, 0.5) is 4.39 Å². The summed E-state index contributed by atoms with van der Waals surface area (Å²) in [7, 11) is 1.58. The quantitative estimate of drug-likeness (QED) is 0.597. The van der Waals surface area contributed by atoms with Crippen LogP contribution in [0.3, 0.4) is 0 Å². The highest BCUT2D eigenvalue weighted by atomic mass is 127. The molecule has 72 valence electrons. The van der Waals surface area contributed by atoms with Crippen molar-refractivity contribution in [2.45, 2.75) is 0 Å². The van der Waals surface area contributed by atoms with Gasteiger partial charge in [0.2, 0.25) is 0 Å². The van der Waals surface area contributed by atoms with Gasteiger partial charge in [0.15, 0.2) is 5.82 Å². The van der Waals surface area contributed by atoms with E-state index in [2.05, 4.69) is 4.98 Å². The second kappa shape index (κ2) is 3.68. The van der Waals surface area contributed by atoms with Crippen molar-refractivity contribution in [3.63, 3.8) is 0 Å². The third-order valence-electron chi connectivity index (χ3n) is 1.93. The highest BCUT2D eigenvalue weighted by molar-refractivity contribution is 14.1. The van der Waals surface area contributed by atoms with E-state index in [-0.39, 0.29) is 5.82 Å². The van der Waals surface area contributed by atoms with E-state index in [9.17, 15) is 4.39 Å². The lowest BCUT2D eigenvalue weighted by atomic mass is 10.2. The Hall–Kier alpha value is -0.910. The zero-order chi connectivity index (χ0) is 10.1. The van der Waals surface area contributed by atoms with Gasteiger partial charge in [0.1, 0.15) is 9.45 Å². The number of benzene rings is 1. The van der Waals surface area contributed by atoms with E-state index in [0.29, 0.717) is 9.45 Å². The van der Waals surface area contributed by atoms with E-state index in [4.69, 9.17) is 4.74 Å². The molecule has 2 aromatic rings. The second-order valence-electron chi connectivity index (χ2n) is 2.82. The number of fused-ring (bicyclic) bond motifs is 1. The first-order valence-electron chi connectivity index (χ1n) is 4.00. The summed E-state index contributed by atoms with van der Waals surface area (Å²) in [6.07, 6.45) is 0. The number of aromatic nitrogens is 1. The van der Waals surface area contributed by atoms with Crippen LogP contribution in [0.25, 0.3) is 10.9 Å². The largest absolute Gasteiger partial charge is 0.497 e. The van der Waals surface area contributed by atoms with Crippen molar-refractivity contribution in [1.82, 2.24) is 4.98 Å². The van der Waals surface area contributed by atoms with E-state index >= 15 is 0 Å². The Morgan fingerprint density at radius 2 is 2.14 bits per heavy atom. The van der Waals surface area contributed by atoms with Crippen molar-refractivity contribution in [2.24, 2.45) is 0 Å². The van der Waals surface area contributed by atoms with Crippen molar-refractivity contribution in [3.05, 3.63) is 33.8 Å². The molecule has 4 heteroatoms. The molecule has 0 aliphatic rings. The third-order valence-corrected chi connectivity index (χ3v) is 2.69. The first kappa shape index (κ1) is 9.64. The van der Waals surface area contributed by atoms with Crippen molar-refractivity contribution in [2.75, 3.05) is 7.11 Å². The number of halogens is 2. The molecule has 0 fully saturated rings. The molecule has 0 aliphatic heterocycles. The van der Waals surface area contributed by atoms with Gasteiger partial charge in [-0.1, -0.05) is 0 Å². The number of nitrogens with zero attached hydrogens (tertiary/aromatic N) is 1. The molecule has 0 atom stereocenters. The number of rotatable bonds is 1. The Kier molecular flexibility index (Phi) is 2.54. The maximum absolute atomic E-state index is 13.2. The van der Waals surface area contributed by atoms with Gasteiger partial charge in [0, 0.05) is 5.39 Å². The molecule has 1 aromatic carbocycles. The summed E-state index contributed by atoms with van der Waals surface area (Å²) in [5, 5.41) is 0.752. The predicted octanol–water partition coefficient (Wildman–Crippen LogP) is 2.99. The Balaban J connectivity index is 2.70. The number of methoxy groups -OCH3 is 1. The molecule has 0 aliphatic carbocycles. The van der Waals surface area contributed by atoms with Crippen LogP contribution in [-0.4, -0.2) is 12.1 Å². The highest BCUT2D eigenvalue weighted by Crippen LogP contribution is 2.21. The number of hydrogen-bond donors (Lipinski definition) is 0. The lowest BCUT2D eigenvalue weighted by Gasteiger charge is -2.02. The molecule has 2 nitrogen and oxygen atoms in total. The van der Waals surface area contributed by atoms with Crippen LogP contribution in [0.2, 0.25) is 0 Å². The fraction of sp³-hybridized carbons (Fsp3) is 0.100. The van der Waals surface area contributed by atoms with Crippen molar-refractivity contribution in [1.29, 1.82) is 0 Å². The summed E-state index contributed by atoms with van der Waals surface area (Å²) < 4.78 is 18.6. The van der Waals surface area contributed by atoms with Crippen LogP contribution >= 0.6 is 22.6 Å². The van der Waals surface area contributed by atoms with E-state index < -0.39 is 0 Å². The molecule has 0 saturated carbocycles. The average Bonchev–Trinajstić information content (AvgIpc) is 2.19. The molecule has 0 bridgehead atoms. The SMILES string of the molecule is COc1ccc2nc(I)c(F)cc2c1. The second-order valence-corrected chi connectivity index (χ2v) is 3.84. The molecule has 0 unspecified atom stereocenters. The molecule has 0 saturated heterocycles. The first-order valence-corrected chi connectivity index (χ1v) is 5.08. The van der Waals surface area contributed by atoms with Crippen molar-refractivity contribution >= 4 is 33.5 Å². The van der Waals surface area contributed by atoms with E-state index in [1.54, 1.807) is 13.2 Å². The van der Waals surface area contributed by atoms with Gasteiger partial charge in [0.25, 0.3) is 0 Å². The van der Waals surface area contributed by atoms with Gasteiger partial charge in [-0.15, -0.1) is 0 Å². The molecule has 0 spiro atoms. The van der Waals surface area contributed by atoms with Gasteiger partial charge in [-0.25, -0.2) is 9.37 Å². The van der Waals surface area contributed by atoms with Crippen molar-refractivity contribution in [3.8, 4) is 5.75 Å². The summed E-state index contributed by atoms with van der Waals surface area (Å²) in [6.45, 7) is 0.